The number of aromatic nitrogens is 2. The van der Waals surface area contributed by atoms with Crippen LogP contribution in [0.25, 0.3) is 11.4 Å². The van der Waals surface area contributed by atoms with Crippen molar-refractivity contribution in [3.63, 3.8) is 0 Å². The molecule has 0 aliphatic rings. The molecule has 0 fully saturated rings. The topological polar surface area (TPSA) is 72.3 Å². The van der Waals surface area contributed by atoms with Crippen LogP contribution in [0.15, 0.2) is 24.4 Å². The molecule has 2 rings (SSSR count). The van der Waals surface area contributed by atoms with Crippen molar-refractivity contribution in [2.75, 3.05) is 7.11 Å². The number of methoxy groups -OCH3 is 1. The van der Waals surface area contributed by atoms with Crippen LogP contribution in [0, 0.1) is 6.92 Å². The number of aryl methyl sites for hydroxylation is 1. The predicted molar refractivity (Wildman–Crippen MR) is 79.8 cm³/mol. The Morgan fingerprint density at radius 3 is 2.62 bits per heavy atom. The van der Waals surface area contributed by atoms with Gasteiger partial charge in [0.15, 0.2) is 5.82 Å². The first-order valence-electron chi connectivity index (χ1n) is 6.69. The van der Waals surface area contributed by atoms with Gasteiger partial charge in [-0.05, 0) is 30.5 Å². The van der Waals surface area contributed by atoms with Gasteiger partial charge in [0, 0.05) is 6.20 Å². The van der Waals surface area contributed by atoms with E-state index in [4.69, 9.17) is 4.74 Å². The molecule has 0 bridgehead atoms. The van der Waals surface area contributed by atoms with E-state index in [1.54, 1.807) is 7.11 Å². The first-order valence-corrected chi connectivity index (χ1v) is 6.69. The van der Waals surface area contributed by atoms with Gasteiger partial charge in [0.05, 0.1) is 23.9 Å². The summed E-state index contributed by atoms with van der Waals surface area (Å²) in [6, 6.07) is 5.73. The van der Waals surface area contributed by atoms with Crippen LogP contribution in [0.2, 0.25) is 0 Å². The Kier molecular flexibility index (Phi) is 4.21. The van der Waals surface area contributed by atoms with Crippen molar-refractivity contribution in [3.05, 3.63) is 41.2 Å². The number of hydrogen-bond acceptors (Lipinski definition) is 4. The van der Waals surface area contributed by atoms with E-state index in [0.717, 1.165) is 11.1 Å². The van der Waals surface area contributed by atoms with Crippen molar-refractivity contribution >= 4 is 5.97 Å². The van der Waals surface area contributed by atoms with Gasteiger partial charge in [-0.3, -0.25) is 0 Å². The van der Waals surface area contributed by atoms with E-state index in [0.29, 0.717) is 17.3 Å². The van der Waals surface area contributed by atoms with Gasteiger partial charge in [0.2, 0.25) is 0 Å². The zero-order valence-electron chi connectivity index (χ0n) is 12.5. The second-order valence-corrected chi connectivity index (χ2v) is 5.16. The van der Waals surface area contributed by atoms with Crippen molar-refractivity contribution in [1.29, 1.82) is 0 Å². The van der Waals surface area contributed by atoms with Crippen LogP contribution in [0.3, 0.4) is 0 Å². The third-order valence-electron chi connectivity index (χ3n) is 3.19. The van der Waals surface area contributed by atoms with Crippen LogP contribution in [-0.2, 0) is 0 Å². The normalized spacial score (nSPS) is 10.7. The summed E-state index contributed by atoms with van der Waals surface area (Å²) < 4.78 is 5.36. The zero-order chi connectivity index (χ0) is 15.6. The summed E-state index contributed by atoms with van der Waals surface area (Å²) in [4.78, 5) is 19.8. The monoisotopic (exact) mass is 286 g/mol. The number of carboxylic acid groups (broad SMARTS) is 1. The number of benzene rings is 1. The van der Waals surface area contributed by atoms with Crippen LogP contribution < -0.4 is 4.74 Å². The molecule has 1 aromatic carbocycles. The second-order valence-electron chi connectivity index (χ2n) is 5.16. The van der Waals surface area contributed by atoms with Crippen molar-refractivity contribution in [1.82, 2.24) is 9.97 Å². The molecule has 0 aliphatic heterocycles. The third kappa shape index (κ3) is 3.02. The fourth-order valence-corrected chi connectivity index (χ4v) is 2.11. The number of carbonyl (C=O) groups is 1. The molecule has 0 unspecified atom stereocenters. The SMILES string of the molecule is COc1cc(C)ccc1-c1ncc(C(=O)O)c(C(C)C)n1. The lowest BCUT2D eigenvalue weighted by Gasteiger charge is -2.12. The predicted octanol–water partition coefficient (Wildman–Crippen LogP) is 3.28. The van der Waals surface area contributed by atoms with Gasteiger partial charge in [0.1, 0.15) is 5.75 Å². The van der Waals surface area contributed by atoms with Gasteiger partial charge in [0.25, 0.3) is 0 Å². The average Bonchev–Trinajstić information content (AvgIpc) is 2.46. The number of nitrogens with zero attached hydrogens (tertiary/aromatic N) is 2. The van der Waals surface area contributed by atoms with Gasteiger partial charge in [-0.1, -0.05) is 19.9 Å². The van der Waals surface area contributed by atoms with Crippen LogP contribution in [0.1, 0.15) is 41.4 Å². The molecule has 0 atom stereocenters. The Morgan fingerprint density at radius 2 is 2.05 bits per heavy atom. The summed E-state index contributed by atoms with van der Waals surface area (Å²) in [6.45, 7) is 5.79. The maximum atomic E-state index is 11.2. The van der Waals surface area contributed by atoms with Crippen LogP contribution in [0.4, 0.5) is 0 Å². The van der Waals surface area contributed by atoms with Crippen LogP contribution in [-0.4, -0.2) is 28.2 Å². The van der Waals surface area contributed by atoms with E-state index < -0.39 is 5.97 Å². The highest BCUT2D eigenvalue weighted by Crippen LogP contribution is 2.29. The highest BCUT2D eigenvalue weighted by molar-refractivity contribution is 5.89. The lowest BCUT2D eigenvalue weighted by atomic mass is 10.0. The third-order valence-corrected chi connectivity index (χ3v) is 3.19. The molecule has 110 valence electrons. The molecule has 0 aliphatic carbocycles. The number of carboxylic acids is 1. The average molecular weight is 286 g/mol. The summed E-state index contributed by atoms with van der Waals surface area (Å²) in [6.07, 6.45) is 1.36. The van der Waals surface area contributed by atoms with Crippen molar-refractivity contribution in [3.8, 4) is 17.1 Å². The van der Waals surface area contributed by atoms with Crippen molar-refractivity contribution in [2.45, 2.75) is 26.7 Å². The minimum absolute atomic E-state index is 0.00528. The summed E-state index contributed by atoms with van der Waals surface area (Å²) in [5.41, 5.74) is 2.48. The highest BCUT2D eigenvalue weighted by atomic mass is 16.5. The maximum absolute atomic E-state index is 11.2. The molecule has 0 amide bonds. The largest absolute Gasteiger partial charge is 0.496 e. The maximum Gasteiger partial charge on any atom is 0.339 e. The number of rotatable bonds is 4. The fraction of sp³-hybridized carbons (Fsp3) is 0.312. The van der Waals surface area contributed by atoms with E-state index in [2.05, 4.69) is 9.97 Å². The smallest absolute Gasteiger partial charge is 0.339 e. The summed E-state index contributed by atoms with van der Waals surface area (Å²) in [7, 11) is 1.59. The van der Waals surface area contributed by atoms with Crippen molar-refractivity contribution in [2.24, 2.45) is 0 Å². The molecule has 5 heteroatoms. The summed E-state index contributed by atoms with van der Waals surface area (Å²) in [5, 5.41) is 9.21. The minimum atomic E-state index is -1.01. The Bertz CT molecular complexity index is 681. The van der Waals surface area contributed by atoms with Gasteiger partial charge in [-0.2, -0.15) is 0 Å². The number of ether oxygens (including phenoxy) is 1. The molecule has 1 aromatic heterocycles. The lowest BCUT2D eigenvalue weighted by Crippen LogP contribution is -2.09. The molecule has 1 heterocycles. The summed E-state index contributed by atoms with van der Waals surface area (Å²) in [5.74, 6) is 0.128. The van der Waals surface area contributed by atoms with E-state index in [9.17, 15) is 9.90 Å². The molecule has 0 saturated carbocycles. The quantitative estimate of drug-likeness (QED) is 0.933. The lowest BCUT2D eigenvalue weighted by molar-refractivity contribution is 0.0694. The van der Waals surface area contributed by atoms with E-state index in [1.165, 1.54) is 6.20 Å². The van der Waals surface area contributed by atoms with Crippen LogP contribution >= 0.6 is 0 Å². The second kappa shape index (κ2) is 5.91. The molecule has 2 aromatic rings. The van der Waals surface area contributed by atoms with Crippen LogP contribution in [0.5, 0.6) is 5.75 Å². The Labute approximate surface area is 123 Å². The van der Waals surface area contributed by atoms with Gasteiger partial charge >= 0.3 is 5.97 Å². The fourth-order valence-electron chi connectivity index (χ4n) is 2.11. The minimum Gasteiger partial charge on any atom is -0.496 e. The molecule has 0 radical (unpaired) electrons. The highest BCUT2D eigenvalue weighted by Gasteiger charge is 2.18. The molecular weight excluding hydrogens is 268 g/mol. The Hall–Kier alpha value is -2.43. The van der Waals surface area contributed by atoms with E-state index >= 15 is 0 Å². The number of hydrogen-bond donors (Lipinski definition) is 1. The van der Waals surface area contributed by atoms with Gasteiger partial charge < -0.3 is 9.84 Å². The van der Waals surface area contributed by atoms with Crippen molar-refractivity contribution < 1.29 is 14.6 Å². The Balaban J connectivity index is 2.60. The van der Waals surface area contributed by atoms with Gasteiger partial charge in [-0.25, -0.2) is 14.8 Å². The summed E-state index contributed by atoms with van der Waals surface area (Å²) >= 11 is 0. The molecule has 0 saturated heterocycles. The first-order chi connectivity index (χ1) is 9.93. The van der Waals surface area contributed by atoms with E-state index in [-0.39, 0.29) is 11.5 Å². The zero-order valence-corrected chi connectivity index (χ0v) is 12.5. The molecule has 1 N–H and O–H groups in total. The molecule has 5 nitrogen and oxygen atoms in total. The van der Waals surface area contributed by atoms with E-state index in [1.807, 2.05) is 39.0 Å². The molecule has 21 heavy (non-hydrogen) atoms. The standard InChI is InChI=1S/C16H18N2O3/c1-9(2)14-12(16(19)20)8-17-15(18-14)11-6-5-10(3)7-13(11)21-4/h5-9H,1-4H3,(H,19,20). The molecule has 0 spiro atoms. The molecular formula is C16H18N2O3. The Morgan fingerprint density at radius 1 is 1.33 bits per heavy atom. The van der Waals surface area contributed by atoms with Gasteiger partial charge in [-0.15, -0.1) is 0 Å². The first kappa shape index (κ1) is 15.0. The number of aromatic carboxylic acids is 1.